The number of aryl methyl sites for hydroxylation is 1. The number of morpholine rings is 1. The van der Waals surface area contributed by atoms with Crippen molar-refractivity contribution in [3.63, 3.8) is 0 Å². The highest BCUT2D eigenvalue weighted by molar-refractivity contribution is 6.03. The van der Waals surface area contributed by atoms with Crippen LogP contribution < -0.4 is 5.32 Å². The molecule has 29 heavy (non-hydrogen) atoms. The molecule has 5 heteroatoms. The van der Waals surface area contributed by atoms with Gasteiger partial charge in [0.2, 0.25) is 5.91 Å². The maximum Gasteiger partial charge on any atom is 0.248 e. The number of nitrogens with zero attached hydrogens (tertiary/aromatic N) is 1. The summed E-state index contributed by atoms with van der Waals surface area (Å²) in [6, 6.07) is 15.9. The molecule has 0 spiro atoms. The molecule has 0 saturated carbocycles. The molecule has 0 unspecified atom stereocenters. The molecular formula is C24H26N2O3. The smallest absolute Gasteiger partial charge is 0.248 e. The predicted molar refractivity (Wildman–Crippen MR) is 116 cm³/mol. The second-order valence-electron chi connectivity index (χ2n) is 7.16. The van der Waals surface area contributed by atoms with Crippen LogP contribution in [0, 0.1) is 0 Å². The summed E-state index contributed by atoms with van der Waals surface area (Å²) >= 11 is 0. The molecule has 2 heterocycles. The number of fused-ring (bicyclic) bond motifs is 1. The molecule has 0 bridgehead atoms. The summed E-state index contributed by atoms with van der Waals surface area (Å²) in [6.07, 6.45) is 4.21. The van der Waals surface area contributed by atoms with Crippen LogP contribution in [0.25, 0.3) is 17.0 Å². The highest BCUT2D eigenvalue weighted by atomic mass is 16.5. The van der Waals surface area contributed by atoms with Crippen LogP contribution in [0.15, 0.2) is 59.0 Å². The molecule has 0 radical (unpaired) electrons. The Kier molecular flexibility index (Phi) is 6.08. The molecule has 1 amide bonds. The van der Waals surface area contributed by atoms with Crippen LogP contribution in [0.2, 0.25) is 0 Å². The summed E-state index contributed by atoms with van der Waals surface area (Å²) in [6.45, 7) is 6.20. The zero-order valence-corrected chi connectivity index (χ0v) is 16.7. The largest absolute Gasteiger partial charge is 0.460 e. The van der Waals surface area contributed by atoms with Crippen LogP contribution in [0.3, 0.4) is 0 Å². The number of nitrogens with one attached hydrogen (secondary N) is 1. The first-order valence-corrected chi connectivity index (χ1v) is 10.1. The molecular weight excluding hydrogens is 364 g/mol. The first kappa shape index (κ1) is 19.4. The second kappa shape index (κ2) is 9.07. The van der Waals surface area contributed by atoms with E-state index in [9.17, 15) is 4.79 Å². The Bertz CT molecular complexity index is 1020. The van der Waals surface area contributed by atoms with Crippen molar-refractivity contribution >= 4 is 28.6 Å². The highest BCUT2D eigenvalue weighted by Gasteiger charge is 2.14. The fourth-order valence-corrected chi connectivity index (χ4v) is 3.68. The van der Waals surface area contributed by atoms with Crippen LogP contribution in [0.5, 0.6) is 0 Å². The van der Waals surface area contributed by atoms with Crippen molar-refractivity contribution in [2.75, 3.05) is 31.6 Å². The van der Waals surface area contributed by atoms with E-state index < -0.39 is 0 Å². The van der Waals surface area contributed by atoms with Crippen LogP contribution in [-0.2, 0) is 22.5 Å². The monoisotopic (exact) mass is 390 g/mol. The molecule has 0 atom stereocenters. The quantitative estimate of drug-likeness (QED) is 0.631. The van der Waals surface area contributed by atoms with Crippen LogP contribution >= 0.6 is 0 Å². The normalized spacial score (nSPS) is 15.2. The Morgan fingerprint density at radius 3 is 2.69 bits per heavy atom. The average molecular weight is 390 g/mol. The molecule has 150 valence electrons. The van der Waals surface area contributed by atoms with Gasteiger partial charge < -0.3 is 14.5 Å². The summed E-state index contributed by atoms with van der Waals surface area (Å²) in [4.78, 5) is 15.0. The summed E-state index contributed by atoms with van der Waals surface area (Å²) in [5.41, 5.74) is 3.78. The number of para-hydroxylation sites is 2. The fraction of sp³-hybridized carbons (Fsp3) is 0.292. The van der Waals surface area contributed by atoms with Gasteiger partial charge in [0.1, 0.15) is 11.3 Å². The molecule has 3 aromatic rings. The first-order chi connectivity index (χ1) is 14.2. The maximum absolute atomic E-state index is 12.6. The number of ether oxygens (including phenoxy) is 1. The van der Waals surface area contributed by atoms with E-state index in [0.29, 0.717) is 0 Å². The number of hydrogen-bond donors (Lipinski definition) is 1. The number of carbonyl (C=O) groups excluding carboxylic acids is 1. The lowest BCUT2D eigenvalue weighted by Crippen LogP contribution is -2.35. The fourth-order valence-electron chi connectivity index (χ4n) is 3.68. The molecule has 1 fully saturated rings. The average Bonchev–Trinajstić information content (AvgIpc) is 3.12. The minimum atomic E-state index is -0.147. The molecule has 1 aliphatic heterocycles. The number of carbonyl (C=O) groups is 1. The molecule has 1 N–H and O–H groups in total. The SMILES string of the molecule is CCc1oc2ccccc2c1/C=C/C(=O)Nc1ccccc1CN1CCOCC1. The Balaban J connectivity index is 1.49. The Morgan fingerprint density at radius 1 is 1.10 bits per heavy atom. The highest BCUT2D eigenvalue weighted by Crippen LogP contribution is 2.27. The van der Waals surface area contributed by atoms with Crippen molar-refractivity contribution in [1.82, 2.24) is 4.90 Å². The van der Waals surface area contributed by atoms with E-state index in [1.54, 1.807) is 6.08 Å². The lowest BCUT2D eigenvalue weighted by atomic mass is 10.1. The molecule has 2 aromatic carbocycles. The third-order valence-electron chi connectivity index (χ3n) is 5.21. The zero-order chi connectivity index (χ0) is 20.1. The Hall–Kier alpha value is -2.89. The van der Waals surface area contributed by atoms with Gasteiger partial charge >= 0.3 is 0 Å². The number of rotatable bonds is 6. The third-order valence-corrected chi connectivity index (χ3v) is 5.21. The van der Waals surface area contributed by atoms with Crippen LogP contribution in [0.1, 0.15) is 23.8 Å². The van der Waals surface area contributed by atoms with Gasteiger partial charge in [-0.3, -0.25) is 9.69 Å². The van der Waals surface area contributed by atoms with Gasteiger partial charge in [0.15, 0.2) is 0 Å². The molecule has 1 aromatic heterocycles. The topological polar surface area (TPSA) is 54.7 Å². The minimum Gasteiger partial charge on any atom is -0.460 e. The zero-order valence-electron chi connectivity index (χ0n) is 16.7. The van der Waals surface area contributed by atoms with Gasteiger partial charge in [-0.1, -0.05) is 43.3 Å². The summed E-state index contributed by atoms with van der Waals surface area (Å²) in [7, 11) is 0. The molecule has 1 saturated heterocycles. The van der Waals surface area contributed by atoms with E-state index in [0.717, 1.165) is 72.8 Å². The van der Waals surface area contributed by atoms with Crippen molar-refractivity contribution in [3.05, 3.63) is 71.5 Å². The van der Waals surface area contributed by atoms with Crippen LogP contribution in [0.4, 0.5) is 5.69 Å². The van der Waals surface area contributed by atoms with E-state index >= 15 is 0 Å². The van der Waals surface area contributed by atoms with Crippen molar-refractivity contribution in [3.8, 4) is 0 Å². The Morgan fingerprint density at radius 2 is 1.86 bits per heavy atom. The molecule has 1 aliphatic rings. The summed E-state index contributed by atoms with van der Waals surface area (Å²) in [5.74, 6) is 0.745. The first-order valence-electron chi connectivity index (χ1n) is 10.1. The van der Waals surface area contributed by atoms with Gasteiger partial charge in [0, 0.05) is 48.8 Å². The second-order valence-corrected chi connectivity index (χ2v) is 7.16. The van der Waals surface area contributed by atoms with Crippen molar-refractivity contribution < 1.29 is 13.9 Å². The standard InChI is InChI=1S/C24H26N2O3/c1-2-22-20(19-8-4-6-10-23(19)29-22)11-12-24(27)25-21-9-5-3-7-18(21)17-26-13-15-28-16-14-26/h3-12H,2,13-17H2,1H3,(H,25,27)/b12-11+. The van der Waals surface area contributed by atoms with E-state index in [1.165, 1.54) is 0 Å². The predicted octanol–water partition coefficient (Wildman–Crippen LogP) is 4.48. The van der Waals surface area contributed by atoms with Gasteiger partial charge in [-0.2, -0.15) is 0 Å². The molecule has 5 nitrogen and oxygen atoms in total. The van der Waals surface area contributed by atoms with E-state index in [1.807, 2.05) is 48.5 Å². The van der Waals surface area contributed by atoms with Gasteiger partial charge in [-0.05, 0) is 23.8 Å². The van der Waals surface area contributed by atoms with E-state index in [-0.39, 0.29) is 5.91 Å². The number of benzene rings is 2. The van der Waals surface area contributed by atoms with E-state index in [4.69, 9.17) is 9.15 Å². The minimum absolute atomic E-state index is 0.147. The molecule has 0 aliphatic carbocycles. The number of hydrogen-bond acceptors (Lipinski definition) is 4. The van der Waals surface area contributed by atoms with Gasteiger partial charge in [-0.25, -0.2) is 0 Å². The van der Waals surface area contributed by atoms with Crippen LogP contribution in [-0.4, -0.2) is 37.1 Å². The number of anilines is 1. The van der Waals surface area contributed by atoms with Gasteiger partial charge in [-0.15, -0.1) is 0 Å². The summed E-state index contributed by atoms with van der Waals surface area (Å²) < 4.78 is 11.3. The van der Waals surface area contributed by atoms with Gasteiger partial charge in [0.25, 0.3) is 0 Å². The van der Waals surface area contributed by atoms with Crippen molar-refractivity contribution in [2.45, 2.75) is 19.9 Å². The lowest BCUT2D eigenvalue weighted by molar-refractivity contribution is -0.111. The Labute approximate surface area is 171 Å². The van der Waals surface area contributed by atoms with Crippen molar-refractivity contribution in [2.24, 2.45) is 0 Å². The maximum atomic E-state index is 12.6. The summed E-state index contributed by atoms with van der Waals surface area (Å²) in [5, 5.41) is 4.06. The number of furan rings is 1. The number of amides is 1. The van der Waals surface area contributed by atoms with Gasteiger partial charge in [0.05, 0.1) is 13.2 Å². The third kappa shape index (κ3) is 4.58. The van der Waals surface area contributed by atoms with E-state index in [2.05, 4.69) is 23.2 Å². The molecule has 4 rings (SSSR count). The van der Waals surface area contributed by atoms with Crippen molar-refractivity contribution in [1.29, 1.82) is 0 Å². The lowest BCUT2D eigenvalue weighted by Gasteiger charge is -2.27.